The molecular weight excluding hydrogens is 262 g/mol. The summed E-state index contributed by atoms with van der Waals surface area (Å²) >= 11 is 0. The maximum atomic E-state index is 10.9. The minimum Gasteiger partial charge on any atom is -0.478 e. The number of benzene rings is 2. The molecular formula is C13H11N3O4. The van der Waals surface area contributed by atoms with Gasteiger partial charge >= 0.3 is 5.97 Å². The quantitative estimate of drug-likeness (QED) is 0.447. The Kier molecular flexibility index (Phi) is 3.52. The van der Waals surface area contributed by atoms with E-state index in [2.05, 4.69) is 5.32 Å². The molecule has 0 saturated carbocycles. The number of nitrogens with two attached hydrogens (primary N) is 1. The number of carboxylic acid groups (broad SMARTS) is 1. The summed E-state index contributed by atoms with van der Waals surface area (Å²) in [5, 5.41) is 22.4. The first-order valence-corrected chi connectivity index (χ1v) is 5.61. The molecule has 0 saturated heterocycles. The largest absolute Gasteiger partial charge is 0.478 e. The molecule has 0 spiro atoms. The number of hydrogen-bond acceptors (Lipinski definition) is 5. The van der Waals surface area contributed by atoms with Crippen molar-refractivity contribution < 1.29 is 14.8 Å². The molecule has 7 nitrogen and oxygen atoms in total. The highest BCUT2D eigenvalue weighted by molar-refractivity contribution is 5.89. The first-order chi connectivity index (χ1) is 9.47. The van der Waals surface area contributed by atoms with E-state index in [-0.39, 0.29) is 16.9 Å². The monoisotopic (exact) mass is 273 g/mol. The van der Waals surface area contributed by atoms with E-state index in [0.717, 1.165) is 0 Å². The fraction of sp³-hybridized carbons (Fsp3) is 0. The molecule has 0 atom stereocenters. The van der Waals surface area contributed by atoms with Crippen LogP contribution in [-0.2, 0) is 0 Å². The lowest BCUT2D eigenvalue weighted by Gasteiger charge is -2.09. The van der Waals surface area contributed by atoms with Crippen LogP contribution in [0.4, 0.5) is 22.7 Å². The van der Waals surface area contributed by atoms with Gasteiger partial charge in [-0.2, -0.15) is 0 Å². The van der Waals surface area contributed by atoms with Crippen LogP contribution in [0.15, 0.2) is 42.5 Å². The topological polar surface area (TPSA) is 118 Å². The lowest BCUT2D eigenvalue weighted by molar-refractivity contribution is -0.384. The lowest BCUT2D eigenvalue weighted by atomic mass is 10.2. The molecule has 0 bridgehead atoms. The number of hydrogen-bond donors (Lipinski definition) is 3. The van der Waals surface area contributed by atoms with E-state index in [9.17, 15) is 14.9 Å². The van der Waals surface area contributed by atoms with Gasteiger partial charge < -0.3 is 16.2 Å². The second-order valence-electron chi connectivity index (χ2n) is 4.04. The molecule has 102 valence electrons. The minimum atomic E-state index is -1.04. The zero-order valence-electron chi connectivity index (χ0n) is 10.2. The van der Waals surface area contributed by atoms with Gasteiger partial charge in [0.2, 0.25) is 0 Å². The Morgan fingerprint density at radius 3 is 2.60 bits per heavy atom. The first-order valence-electron chi connectivity index (χ1n) is 5.61. The van der Waals surface area contributed by atoms with Crippen LogP contribution in [0.5, 0.6) is 0 Å². The van der Waals surface area contributed by atoms with E-state index < -0.39 is 10.9 Å². The molecule has 2 aromatic rings. The van der Waals surface area contributed by atoms with E-state index in [4.69, 9.17) is 10.8 Å². The van der Waals surface area contributed by atoms with Crippen LogP contribution in [0.25, 0.3) is 0 Å². The zero-order valence-corrected chi connectivity index (χ0v) is 10.2. The van der Waals surface area contributed by atoms with Gasteiger partial charge in [0, 0.05) is 17.8 Å². The Bertz CT molecular complexity index is 685. The number of nitrogens with zero attached hydrogens (tertiary/aromatic N) is 1. The summed E-state index contributed by atoms with van der Waals surface area (Å²) in [5.41, 5.74) is 6.96. The zero-order chi connectivity index (χ0) is 14.7. The van der Waals surface area contributed by atoms with Gasteiger partial charge in [-0.05, 0) is 24.3 Å². The van der Waals surface area contributed by atoms with Crippen LogP contribution in [0.2, 0.25) is 0 Å². The molecule has 0 radical (unpaired) electrons. The molecule has 2 aromatic carbocycles. The van der Waals surface area contributed by atoms with Crippen molar-refractivity contribution in [2.24, 2.45) is 0 Å². The maximum absolute atomic E-state index is 10.9. The number of rotatable bonds is 4. The second kappa shape index (κ2) is 5.27. The van der Waals surface area contributed by atoms with Crippen molar-refractivity contribution in [1.82, 2.24) is 0 Å². The first kappa shape index (κ1) is 13.3. The normalized spacial score (nSPS) is 10.0. The number of carboxylic acids is 1. The van der Waals surface area contributed by atoms with Crippen LogP contribution < -0.4 is 11.1 Å². The smallest absolute Gasteiger partial charge is 0.335 e. The average molecular weight is 273 g/mol. The molecule has 0 aliphatic heterocycles. The predicted octanol–water partition coefficient (Wildman–Crippen LogP) is 2.62. The Balaban J connectivity index is 2.28. The molecule has 0 aliphatic carbocycles. The van der Waals surface area contributed by atoms with Gasteiger partial charge in [-0.1, -0.05) is 6.07 Å². The van der Waals surface area contributed by atoms with E-state index in [1.165, 1.54) is 30.3 Å². The molecule has 0 aromatic heterocycles. The highest BCUT2D eigenvalue weighted by atomic mass is 16.6. The Morgan fingerprint density at radius 2 is 2.00 bits per heavy atom. The van der Waals surface area contributed by atoms with Crippen LogP contribution in [0.3, 0.4) is 0 Å². The molecule has 0 amide bonds. The fourth-order valence-corrected chi connectivity index (χ4v) is 1.66. The summed E-state index contributed by atoms with van der Waals surface area (Å²) in [6, 6.07) is 10.2. The molecule has 7 heteroatoms. The van der Waals surface area contributed by atoms with Gasteiger partial charge in [0.1, 0.15) is 0 Å². The number of nitrogen functional groups attached to an aromatic ring is 1. The minimum absolute atomic E-state index is 0.104. The number of nitrogens with one attached hydrogen (secondary N) is 1. The molecule has 0 fully saturated rings. The van der Waals surface area contributed by atoms with Crippen LogP contribution in [0.1, 0.15) is 10.4 Å². The standard InChI is InChI=1S/C13H11N3O4/c14-11-7-10(16(19)20)4-5-12(11)15-9-3-1-2-8(6-9)13(17)18/h1-7,15H,14H2,(H,17,18). The summed E-state index contributed by atoms with van der Waals surface area (Å²) in [5.74, 6) is -1.04. The third kappa shape index (κ3) is 2.83. The van der Waals surface area contributed by atoms with Crippen LogP contribution in [0, 0.1) is 10.1 Å². The van der Waals surface area contributed by atoms with Crippen LogP contribution in [-0.4, -0.2) is 16.0 Å². The molecule has 4 N–H and O–H groups in total. The predicted molar refractivity (Wildman–Crippen MR) is 74.2 cm³/mol. The van der Waals surface area contributed by atoms with Crippen molar-refractivity contribution in [2.45, 2.75) is 0 Å². The van der Waals surface area contributed by atoms with E-state index >= 15 is 0 Å². The van der Waals surface area contributed by atoms with E-state index in [0.29, 0.717) is 11.4 Å². The van der Waals surface area contributed by atoms with Gasteiger partial charge in [-0.3, -0.25) is 10.1 Å². The van der Waals surface area contributed by atoms with Crippen molar-refractivity contribution >= 4 is 28.7 Å². The van der Waals surface area contributed by atoms with E-state index in [1.807, 2.05) is 0 Å². The highest BCUT2D eigenvalue weighted by Gasteiger charge is 2.09. The summed E-state index contributed by atoms with van der Waals surface area (Å²) in [7, 11) is 0. The number of nitro benzene ring substituents is 1. The van der Waals surface area contributed by atoms with Gasteiger partial charge in [0.05, 0.1) is 21.9 Å². The Hall–Kier alpha value is -3.09. The third-order valence-corrected chi connectivity index (χ3v) is 2.63. The van der Waals surface area contributed by atoms with Crippen molar-refractivity contribution in [3.63, 3.8) is 0 Å². The average Bonchev–Trinajstić information content (AvgIpc) is 2.41. The maximum Gasteiger partial charge on any atom is 0.335 e. The SMILES string of the molecule is Nc1cc([N+](=O)[O-])ccc1Nc1cccc(C(=O)O)c1. The Labute approximate surface area is 113 Å². The van der Waals surface area contributed by atoms with Gasteiger partial charge in [-0.15, -0.1) is 0 Å². The summed E-state index contributed by atoms with van der Waals surface area (Å²) in [6.45, 7) is 0. The van der Waals surface area contributed by atoms with Gasteiger partial charge in [0.15, 0.2) is 0 Å². The number of aromatic carboxylic acids is 1. The lowest BCUT2D eigenvalue weighted by Crippen LogP contribution is -2.00. The second-order valence-corrected chi connectivity index (χ2v) is 4.04. The van der Waals surface area contributed by atoms with Gasteiger partial charge in [0.25, 0.3) is 5.69 Å². The fourth-order valence-electron chi connectivity index (χ4n) is 1.66. The van der Waals surface area contributed by atoms with Crippen LogP contribution >= 0.6 is 0 Å². The molecule has 0 heterocycles. The number of nitro groups is 1. The summed E-state index contributed by atoms with van der Waals surface area (Å²) in [4.78, 5) is 20.9. The number of non-ortho nitro benzene ring substituents is 1. The number of anilines is 3. The molecule has 2 rings (SSSR count). The van der Waals surface area contributed by atoms with Crippen molar-refractivity contribution in [2.75, 3.05) is 11.1 Å². The Morgan fingerprint density at radius 1 is 1.25 bits per heavy atom. The summed E-state index contributed by atoms with van der Waals surface area (Å²) < 4.78 is 0. The molecule has 0 aliphatic rings. The third-order valence-electron chi connectivity index (χ3n) is 2.63. The number of carbonyl (C=O) groups is 1. The van der Waals surface area contributed by atoms with Crippen molar-refractivity contribution in [3.8, 4) is 0 Å². The van der Waals surface area contributed by atoms with Crippen molar-refractivity contribution in [1.29, 1.82) is 0 Å². The van der Waals surface area contributed by atoms with E-state index in [1.54, 1.807) is 12.1 Å². The molecule has 20 heavy (non-hydrogen) atoms. The highest BCUT2D eigenvalue weighted by Crippen LogP contribution is 2.27. The molecule has 0 unspecified atom stereocenters. The summed E-state index contributed by atoms with van der Waals surface area (Å²) in [6.07, 6.45) is 0. The van der Waals surface area contributed by atoms with Gasteiger partial charge in [-0.25, -0.2) is 4.79 Å². The van der Waals surface area contributed by atoms with Crippen molar-refractivity contribution in [3.05, 3.63) is 58.1 Å².